The van der Waals surface area contributed by atoms with Crippen LogP contribution in [0.5, 0.6) is 0 Å². The van der Waals surface area contributed by atoms with Gasteiger partial charge in [-0.1, -0.05) is 70.4 Å². The van der Waals surface area contributed by atoms with E-state index in [2.05, 4.69) is 5.32 Å². The zero-order chi connectivity index (χ0) is 22.1. The minimum atomic E-state index is -0.446. The number of imide groups is 1. The number of halogens is 2. The van der Waals surface area contributed by atoms with Gasteiger partial charge in [-0.25, -0.2) is 4.90 Å². The largest absolute Gasteiger partial charge is 0.350 e. The van der Waals surface area contributed by atoms with Crippen molar-refractivity contribution >= 4 is 58.2 Å². The molecule has 0 bridgehead atoms. The fourth-order valence-electron chi connectivity index (χ4n) is 3.08. The van der Waals surface area contributed by atoms with Gasteiger partial charge in [0.25, 0.3) is 11.8 Å². The maximum atomic E-state index is 13.3. The first-order chi connectivity index (χ1) is 14.8. The van der Waals surface area contributed by atoms with Crippen molar-refractivity contribution in [1.29, 1.82) is 0 Å². The second kappa shape index (κ2) is 8.79. The second-order valence-corrected chi connectivity index (χ2v) is 9.05. The minimum Gasteiger partial charge on any atom is -0.350 e. The third-order valence-corrected chi connectivity index (χ3v) is 6.59. The summed E-state index contributed by atoms with van der Waals surface area (Å²) < 4.78 is 0. The third-order valence-electron chi connectivity index (χ3n) is 4.76. The van der Waals surface area contributed by atoms with Gasteiger partial charge in [-0.3, -0.25) is 9.59 Å². The predicted molar refractivity (Wildman–Crippen MR) is 128 cm³/mol. The van der Waals surface area contributed by atoms with Crippen LogP contribution in [0.15, 0.2) is 82.2 Å². The lowest BCUT2D eigenvalue weighted by molar-refractivity contribution is -0.120. The van der Waals surface area contributed by atoms with E-state index in [1.165, 1.54) is 17.8 Å². The fourth-order valence-corrected chi connectivity index (χ4v) is 4.30. The molecule has 1 heterocycles. The van der Waals surface area contributed by atoms with Crippen LogP contribution in [0.2, 0.25) is 10.0 Å². The first kappa shape index (κ1) is 21.5. The summed E-state index contributed by atoms with van der Waals surface area (Å²) in [5.41, 5.74) is 3.53. The van der Waals surface area contributed by atoms with Crippen LogP contribution >= 0.6 is 35.0 Å². The molecule has 3 aromatic carbocycles. The van der Waals surface area contributed by atoms with E-state index in [0.29, 0.717) is 15.6 Å². The highest BCUT2D eigenvalue weighted by Gasteiger charge is 2.40. The Bertz CT molecular complexity index is 1140. The topological polar surface area (TPSA) is 49.4 Å². The van der Waals surface area contributed by atoms with Crippen molar-refractivity contribution in [2.24, 2.45) is 0 Å². The number of nitrogens with zero attached hydrogens (tertiary/aromatic N) is 1. The van der Waals surface area contributed by atoms with Crippen molar-refractivity contribution in [3.05, 3.63) is 98.5 Å². The Morgan fingerprint density at radius 3 is 2.00 bits per heavy atom. The summed E-state index contributed by atoms with van der Waals surface area (Å²) in [4.78, 5) is 29.0. The fraction of sp³-hybridized carbons (Fsp3) is 0.0833. The van der Waals surface area contributed by atoms with Crippen molar-refractivity contribution in [3.63, 3.8) is 0 Å². The molecule has 4 rings (SSSR count). The quantitative estimate of drug-likeness (QED) is 0.428. The predicted octanol–water partition coefficient (Wildman–Crippen LogP) is 6.60. The molecule has 0 unspecified atom stereocenters. The van der Waals surface area contributed by atoms with Crippen molar-refractivity contribution < 1.29 is 9.59 Å². The number of hydrogen-bond donors (Lipinski definition) is 1. The Hall–Kier alpha value is -2.73. The van der Waals surface area contributed by atoms with Crippen LogP contribution in [-0.4, -0.2) is 11.8 Å². The molecule has 2 amide bonds. The lowest BCUT2D eigenvalue weighted by atomic mass is 10.2. The summed E-state index contributed by atoms with van der Waals surface area (Å²) >= 11 is 13.4. The van der Waals surface area contributed by atoms with Gasteiger partial charge in [0, 0.05) is 10.6 Å². The van der Waals surface area contributed by atoms with E-state index < -0.39 is 11.8 Å². The average Bonchev–Trinajstić information content (AvgIpc) is 2.97. The van der Waals surface area contributed by atoms with Gasteiger partial charge in [-0.2, -0.15) is 0 Å². The molecular weight excluding hydrogens is 451 g/mol. The van der Waals surface area contributed by atoms with Crippen LogP contribution in [0.3, 0.4) is 0 Å². The number of nitrogens with one attached hydrogen (secondary N) is 1. The molecular formula is C24H18Cl2N2O2S. The van der Waals surface area contributed by atoms with Crippen LogP contribution in [0.1, 0.15) is 11.1 Å². The third kappa shape index (κ3) is 4.49. The van der Waals surface area contributed by atoms with E-state index in [9.17, 15) is 9.59 Å². The summed E-state index contributed by atoms with van der Waals surface area (Å²) in [7, 11) is 0. The molecule has 0 atom stereocenters. The van der Waals surface area contributed by atoms with Gasteiger partial charge in [-0.15, -0.1) is 0 Å². The average molecular weight is 469 g/mol. The Kier molecular flexibility index (Phi) is 6.10. The maximum absolute atomic E-state index is 13.3. The molecule has 0 aliphatic carbocycles. The first-order valence-electron chi connectivity index (χ1n) is 9.50. The zero-order valence-electron chi connectivity index (χ0n) is 16.8. The Balaban J connectivity index is 1.74. The SMILES string of the molecule is Cc1ccc(NC2=C(Sc3ccc(C)cc3)C(=O)N(c3ccc(Cl)c(Cl)c3)C2=O)cc1. The number of carbonyl (C=O) groups excluding carboxylic acids is 2. The molecule has 0 radical (unpaired) electrons. The van der Waals surface area contributed by atoms with Gasteiger partial charge in [0.2, 0.25) is 0 Å². The molecule has 0 saturated carbocycles. The van der Waals surface area contributed by atoms with Gasteiger partial charge in [-0.05, 0) is 56.3 Å². The van der Waals surface area contributed by atoms with Crippen LogP contribution in [0.25, 0.3) is 0 Å². The maximum Gasteiger partial charge on any atom is 0.283 e. The number of rotatable bonds is 5. The molecule has 31 heavy (non-hydrogen) atoms. The highest BCUT2D eigenvalue weighted by Crippen LogP contribution is 2.39. The molecule has 1 aliphatic rings. The van der Waals surface area contributed by atoms with E-state index in [1.54, 1.807) is 12.1 Å². The number of aryl methyl sites for hydroxylation is 2. The van der Waals surface area contributed by atoms with Crippen LogP contribution in [0.4, 0.5) is 11.4 Å². The monoisotopic (exact) mass is 468 g/mol. The number of benzene rings is 3. The first-order valence-corrected chi connectivity index (χ1v) is 11.1. The van der Waals surface area contributed by atoms with Gasteiger partial charge in [0.1, 0.15) is 10.6 Å². The Morgan fingerprint density at radius 1 is 0.774 bits per heavy atom. The summed E-state index contributed by atoms with van der Waals surface area (Å²) in [6, 6.07) is 20.1. The van der Waals surface area contributed by atoms with Gasteiger partial charge in [0.15, 0.2) is 0 Å². The molecule has 0 spiro atoms. The second-order valence-electron chi connectivity index (χ2n) is 7.15. The summed E-state index contributed by atoms with van der Waals surface area (Å²) in [6.45, 7) is 3.98. The molecule has 0 aromatic heterocycles. The van der Waals surface area contributed by atoms with Gasteiger partial charge in [0.05, 0.1) is 15.7 Å². The summed E-state index contributed by atoms with van der Waals surface area (Å²) in [5.74, 6) is -0.859. The lowest BCUT2D eigenvalue weighted by Gasteiger charge is -2.16. The van der Waals surface area contributed by atoms with Crippen LogP contribution in [0, 0.1) is 13.8 Å². The molecule has 1 N–H and O–H groups in total. The number of amides is 2. The van der Waals surface area contributed by atoms with E-state index in [4.69, 9.17) is 23.2 Å². The Labute approximate surface area is 194 Å². The highest BCUT2D eigenvalue weighted by atomic mass is 35.5. The molecule has 7 heteroatoms. The number of carbonyl (C=O) groups is 2. The molecule has 0 saturated heterocycles. The van der Waals surface area contributed by atoms with Crippen molar-refractivity contribution in [2.45, 2.75) is 18.7 Å². The van der Waals surface area contributed by atoms with E-state index in [-0.39, 0.29) is 10.7 Å². The smallest absolute Gasteiger partial charge is 0.283 e. The summed E-state index contributed by atoms with van der Waals surface area (Å²) in [5, 5.41) is 3.77. The van der Waals surface area contributed by atoms with Gasteiger partial charge < -0.3 is 5.32 Å². The van der Waals surface area contributed by atoms with Gasteiger partial charge >= 0.3 is 0 Å². The molecule has 156 valence electrons. The van der Waals surface area contributed by atoms with Crippen molar-refractivity contribution in [1.82, 2.24) is 0 Å². The van der Waals surface area contributed by atoms with E-state index >= 15 is 0 Å². The van der Waals surface area contributed by atoms with E-state index in [0.717, 1.165) is 26.6 Å². The zero-order valence-corrected chi connectivity index (χ0v) is 19.1. The molecule has 3 aromatic rings. The molecule has 4 nitrogen and oxygen atoms in total. The highest BCUT2D eigenvalue weighted by molar-refractivity contribution is 8.04. The lowest BCUT2D eigenvalue weighted by Crippen LogP contribution is -2.32. The normalized spacial score (nSPS) is 13.9. The molecule has 1 aliphatic heterocycles. The number of anilines is 2. The minimum absolute atomic E-state index is 0.227. The van der Waals surface area contributed by atoms with Crippen molar-refractivity contribution in [2.75, 3.05) is 10.2 Å². The van der Waals surface area contributed by atoms with E-state index in [1.807, 2.05) is 62.4 Å². The molecule has 0 fully saturated rings. The number of thioether (sulfide) groups is 1. The Morgan fingerprint density at radius 2 is 1.39 bits per heavy atom. The van der Waals surface area contributed by atoms with Crippen LogP contribution in [-0.2, 0) is 9.59 Å². The number of hydrogen-bond acceptors (Lipinski definition) is 4. The van der Waals surface area contributed by atoms with Crippen LogP contribution < -0.4 is 10.2 Å². The van der Waals surface area contributed by atoms with Crippen molar-refractivity contribution in [3.8, 4) is 0 Å². The standard InChI is InChI=1S/C24H18Cl2N2O2S/c1-14-3-7-16(8-4-14)27-21-22(31-18-10-5-15(2)6-11-18)24(30)28(23(21)29)17-9-12-19(25)20(26)13-17/h3-13,27H,1-2H3. The summed E-state index contributed by atoms with van der Waals surface area (Å²) in [6.07, 6.45) is 0.